The fourth-order valence-electron chi connectivity index (χ4n) is 2.01. The van der Waals surface area contributed by atoms with Crippen LogP contribution in [0.4, 0.5) is 10.5 Å². The quantitative estimate of drug-likeness (QED) is 0.889. The highest BCUT2D eigenvalue weighted by atomic mass is 16.5. The zero-order valence-corrected chi connectivity index (χ0v) is 12.9. The van der Waals surface area contributed by atoms with Crippen LogP contribution in [0.3, 0.4) is 0 Å². The maximum absolute atomic E-state index is 12.1. The number of nitrogens with one attached hydrogen (secondary N) is 2. The van der Waals surface area contributed by atoms with Gasteiger partial charge < -0.3 is 20.1 Å². The van der Waals surface area contributed by atoms with Crippen molar-refractivity contribution >= 4 is 11.7 Å². The van der Waals surface area contributed by atoms with Gasteiger partial charge in [-0.2, -0.15) is 5.26 Å². The smallest absolute Gasteiger partial charge is 0.320 e. The third-order valence-corrected chi connectivity index (χ3v) is 3.15. The standard InChI is InChI=1S/C17H17N3O3/c1-22-14-8-13(9-15(10-14)23-2)19-17(21)20-16(11-18)12-6-4-3-5-7-12/h3-10,16H,1-2H3,(H2,19,20,21). The van der Waals surface area contributed by atoms with Crippen molar-refractivity contribution in [2.75, 3.05) is 19.5 Å². The Morgan fingerprint density at radius 2 is 1.70 bits per heavy atom. The van der Waals surface area contributed by atoms with Crippen LogP contribution >= 0.6 is 0 Å². The predicted molar refractivity (Wildman–Crippen MR) is 86.5 cm³/mol. The molecule has 0 bridgehead atoms. The summed E-state index contributed by atoms with van der Waals surface area (Å²) in [6.45, 7) is 0. The average Bonchev–Trinajstić information content (AvgIpc) is 2.59. The van der Waals surface area contributed by atoms with Gasteiger partial charge in [0, 0.05) is 23.9 Å². The number of carbonyl (C=O) groups excluding carboxylic acids is 1. The molecule has 2 amide bonds. The molecule has 0 aromatic heterocycles. The van der Waals surface area contributed by atoms with Gasteiger partial charge in [0.15, 0.2) is 0 Å². The molecule has 118 valence electrons. The fraction of sp³-hybridized carbons (Fsp3) is 0.176. The molecule has 0 aliphatic heterocycles. The highest BCUT2D eigenvalue weighted by molar-refractivity contribution is 5.90. The van der Waals surface area contributed by atoms with Crippen LogP contribution in [0.25, 0.3) is 0 Å². The Hall–Kier alpha value is -3.20. The molecule has 0 radical (unpaired) electrons. The summed E-state index contributed by atoms with van der Waals surface area (Å²) < 4.78 is 10.3. The van der Waals surface area contributed by atoms with E-state index in [0.717, 1.165) is 0 Å². The summed E-state index contributed by atoms with van der Waals surface area (Å²) in [5, 5.41) is 14.5. The van der Waals surface area contributed by atoms with Crippen molar-refractivity contribution in [1.82, 2.24) is 5.32 Å². The number of ether oxygens (including phenoxy) is 2. The minimum absolute atomic E-state index is 0.490. The number of urea groups is 1. The zero-order chi connectivity index (χ0) is 16.7. The number of amides is 2. The Morgan fingerprint density at radius 3 is 2.22 bits per heavy atom. The first-order chi connectivity index (χ1) is 11.2. The van der Waals surface area contributed by atoms with Crippen LogP contribution in [0.2, 0.25) is 0 Å². The van der Waals surface area contributed by atoms with Gasteiger partial charge in [0.1, 0.15) is 17.5 Å². The van der Waals surface area contributed by atoms with Gasteiger partial charge in [-0.25, -0.2) is 4.79 Å². The number of hydrogen-bond acceptors (Lipinski definition) is 4. The van der Waals surface area contributed by atoms with Crippen LogP contribution in [0.15, 0.2) is 48.5 Å². The van der Waals surface area contributed by atoms with Gasteiger partial charge in [-0.15, -0.1) is 0 Å². The van der Waals surface area contributed by atoms with Gasteiger partial charge in [0.2, 0.25) is 0 Å². The number of carbonyl (C=O) groups is 1. The van der Waals surface area contributed by atoms with Crippen molar-refractivity contribution in [3.8, 4) is 17.6 Å². The summed E-state index contributed by atoms with van der Waals surface area (Å²) in [5.74, 6) is 1.11. The van der Waals surface area contributed by atoms with E-state index in [2.05, 4.69) is 16.7 Å². The molecule has 1 atom stereocenters. The molecule has 2 aromatic carbocycles. The zero-order valence-electron chi connectivity index (χ0n) is 12.9. The lowest BCUT2D eigenvalue weighted by Crippen LogP contribution is -2.31. The molecule has 0 heterocycles. The lowest BCUT2D eigenvalue weighted by atomic mass is 10.1. The number of methoxy groups -OCH3 is 2. The summed E-state index contributed by atoms with van der Waals surface area (Å²) in [7, 11) is 3.06. The van der Waals surface area contributed by atoms with Crippen LogP contribution < -0.4 is 20.1 Å². The number of nitriles is 1. The SMILES string of the molecule is COc1cc(NC(=O)NC(C#N)c2ccccc2)cc(OC)c1. The first kappa shape index (κ1) is 16.2. The second kappa shape index (κ2) is 7.71. The molecule has 2 rings (SSSR count). The molecule has 23 heavy (non-hydrogen) atoms. The third-order valence-electron chi connectivity index (χ3n) is 3.15. The highest BCUT2D eigenvalue weighted by Crippen LogP contribution is 2.25. The summed E-state index contributed by atoms with van der Waals surface area (Å²) in [6, 6.07) is 14.9. The second-order valence-electron chi connectivity index (χ2n) is 4.67. The highest BCUT2D eigenvalue weighted by Gasteiger charge is 2.14. The number of anilines is 1. The van der Waals surface area contributed by atoms with Gasteiger partial charge in [-0.3, -0.25) is 0 Å². The molecule has 0 aliphatic carbocycles. The third kappa shape index (κ3) is 4.38. The van der Waals surface area contributed by atoms with Crippen molar-refractivity contribution in [3.63, 3.8) is 0 Å². The molecule has 6 nitrogen and oxygen atoms in total. The topological polar surface area (TPSA) is 83.4 Å². The number of nitrogens with zero attached hydrogens (tertiary/aromatic N) is 1. The minimum Gasteiger partial charge on any atom is -0.497 e. The largest absolute Gasteiger partial charge is 0.497 e. The van der Waals surface area contributed by atoms with E-state index in [1.54, 1.807) is 30.3 Å². The lowest BCUT2D eigenvalue weighted by Gasteiger charge is -2.14. The Bertz CT molecular complexity index is 689. The molecule has 6 heteroatoms. The van der Waals surface area contributed by atoms with Crippen LogP contribution in [0.5, 0.6) is 11.5 Å². The molecule has 0 spiro atoms. The van der Waals surface area contributed by atoms with Crippen LogP contribution in [-0.4, -0.2) is 20.3 Å². The first-order valence-corrected chi connectivity index (χ1v) is 6.91. The Balaban J connectivity index is 2.08. The number of benzene rings is 2. The predicted octanol–water partition coefficient (Wildman–Crippen LogP) is 3.09. The van der Waals surface area contributed by atoms with E-state index in [1.165, 1.54) is 14.2 Å². The van der Waals surface area contributed by atoms with E-state index in [0.29, 0.717) is 22.7 Å². The summed E-state index contributed by atoms with van der Waals surface area (Å²) in [6.07, 6.45) is 0. The van der Waals surface area contributed by atoms with E-state index in [1.807, 2.05) is 18.2 Å². The molecule has 0 saturated heterocycles. The van der Waals surface area contributed by atoms with Gasteiger partial charge in [-0.1, -0.05) is 30.3 Å². The molecule has 0 fully saturated rings. The van der Waals surface area contributed by atoms with E-state index in [4.69, 9.17) is 9.47 Å². The minimum atomic E-state index is -0.733. The normalized spacial score (nSPS) is 11.0. The molecule has 2 aromatic rings. The number of hydrogen-bond donors (Lipinski definition) is 2. The maximum atomic E-state index is 12.1. The van der Waals surface area contributed by atoms with Crippen molar-refractivity contribution < 1.29 is 14.3 Å². The summed E-state index contributed by atoms with van der Waals surface area (Å²) >= 11 is 0. The lowest BCUT2D eigenvalue weighted by molar-refractivity contribution is 0.250. The Kier molecular flexibility index (Phi) is 5.42. The first-order valence-electron chi connectivity index (χ1n) is 6.91. The van der Waals surface area contributed by atoms with Gasteiger partial charge in [-0.05, 0) is 5.56 Å². The molecule has 2 N–H and O–H groups in total. The summed E-state index contributed by atoms with van der Waals surface area (Å²) in [4.78, 5) is 12.1. The molecule has 1 unspecified atom stereocenters. The van der Waals surface area contributed by atoms with Crippen molar-refractivity contribution in [3.05, 3.63) is 54.1 Å². The average molecular weight is 311 g/mol. The van der Waals surface area contributed by atoms with Crippen molar-refractivity contribution in [2.45, 2.75) is 6.04 Å². The number of rotatable bonds is 5. The van der Waals surface area contributed by atoms with E-state index in [9.17, 15) is 10.1 Å². The van der Waals surface area contributed by atoms with Crippen LogP contribution in [-0.2, 0) is 0 Å². The van der Waals surface area contributed by atoms with Crippen LogP contribution in [0.1, 0.15) is 11.6 Å². The van der Waals surface area contributed by atoms with Gasteiger partial charge in [0.25, 0.3) is 0 Å². The molecule has 0 saturated carbocycles. The fourth-order valence-corrected chi connectivity index (χ4v) is 2.01. The Labute approximate surface area is 134 Å². The molecular weight excluding hydrogens is 294 g/mol. The molecular formula is C17H17N3O3. The van der Waals surface area contributed by atoms with Gasteiger partial charge >= 0.3 is 6.03 Å². The maximum Gasteiger partial charge on any atom is 0.320 e. The van der Waals surface area contributed by atoms with Crippen LogP contribution in [0, 0.1) is 11.3 Å². The second-order valence-corrected chi connectivity index (χ2v) is 4.67. The summed E-state index contributed by atoms with van der Waals surface area (Å²) in [5.41, 5.74) is 1.22. The molecule has 0 aliphatic rings. The Morgan fingerprint density at radius 1 is 1.09 bits per heavy atom. The van der Waals surface area contributed by atoms with E-state index >= 15 is 0 Å². The monoisotopic (exact) mass is 311 g/mol. The van der Waals surface area contributed by atoms with E-state index < -0.39 is 12.1 Å². The van der Waals surface area contributed by atoms with Crippen molar-refractivity contribution in [2.24, 2.45) is 0 Å². The van der Waals surface area contributed by atoms with E-state index in [-0.39, 0.29) is 0 Å². The van der Waals surface area contributed by atoms with Crippen molar-refractivity contribution in [1.29, 1.82) is 5.26 Å². The van der Waals surface area contributed by atoms with Gasteiger partial charge in [0.05, 0.1) is 20.3 Å².